The first-order valence-electron chi connectivity index (χ1n) is 7.03. The van der Waals surface area contributed by atoms with Crippen LogP contribution in [0.3, 0.4) is 0 Å². The first-order chi connectivity index (χ1) is 9.07. The molecule has 0 radical (unpaired) electrons. The van der Waals surface area contributed by atoms with E-state index in [9.17, 15) is 9.59 Å². The van der Waals surface area contributed by atoms with Gasteiger partial charge in [-0.3, -0.25) is 4.79 Å². The Morgan fingerprint density at radius 3 is 2.37 bits per heavy atom. The quantitative estimate of drug-likeness (QED) is 0.789. The normalized spacial score (nSPS) is 27.5. The Bertz CT molecular complexity index is 345. The summed E-state index contributed by atoms with van der Waals surface area (Å²) in [6, 6.07) is 0. The minimum atomic E-state index is -0.411. The number of nitrogens with one attached hydrogen (secondary N) is 1. The first kappa shape index (κ1) is 14.1. The van der Waals surface area contributed by atoms with Crippen LogP contribution in [0.2, 0.25) is 0 Å². The number of amides is 2. The Kier molecular flexibility index (Phi) is 4.29. The van der Waals surface area contributed by atoms with Crippen LogP contribution in [-0.2, 0) is 9.53 Å². The summed E-state index contributed by atoms with van der Waals surface area (Å²) in [5, 5.41) is 3.29. The van der Waals surface area contributed by atoms with E-state index in [0.29, 0.717) is 32.8 Å². The molecule has 2 saturated heterocycles. The van der Waals surface area contributed by atoms with Crippen molar-refractivity contribution in [3.8, 4) is 0 Å². The Labute approximate surface area is 114 Å². The maximum absolute atomic E-state index is 12.5. The van der Waals surface area contributed by atoms with Crippen molar-refractivity contribution in [2.24, 2.45) is 0 Å². The van der Waals surface area contributed by atoms with Crippen molar-refractivity contribution < 1.29 is 14.3 Å². The lowest BCUT2D eigenvalue weighted by Gasteiger charge is -2.38. The molecule has 0 aliphatic carbocycles. The maximum atomic E-state index is 12.5. The molecule has 1 N–H and O–H groups in total. The number of piperazine rings is 1. The molecule has 19 heavy (non-hydrogen) atoms. The highest BCUT2D eigenvalue weighted by Gasteiger charge is 2.40. The van der Waals surface area contributed by atoms with Gasteiger partial charge in [0.25, 0.3) is 0 Å². The van der Waals surface area contributed by atoms with Crippen LogP contribution >= 0.6 is 0 Å². The third kappa shape index (κ3) is 3.00. The topological polar surface area (TPSA) is 61.9 Å². The summed E-state index contributed by atoms with van der Waals surface area (Å²) in [5.41, 5.74) is -0.411. The van der Waals surface area contributed by atoms with E-state index < -0.39 is 5.54 Å². The lowest BCUT2D eigenvalue weighted by molar-refractivity contribution is -0.138. The van der Waals surface area contributed by atoms with E-state index in [2.05, 4.69) is 5.32 Å². The molecule has 0 spiro atoms. The zero-order valence-electron chi connectivity index (χ0n) is 11.8. The highest BCUT2D eigenvalue weighted by atomic mass is 16.6. The molecule has 108 valence electrons. The van der Waals surface area contributed by atoms with E-state index in [1.54, 1.807) is 11.8 Å². The van der Waals surface area contributed by atoms with Gasteiger partial charge in [0.15, 0.2) is 0 Å². The SMILES string of the molecule is CCOC(=O)N1CCN(C(=O)C2(C)CCCN2)CC1. The Hall–Kier alpha value is -1.30. The Morgan fingerprint density at radius 1 is 1.21 bits per heavy atom. The number of ether oxygens (including phenoxy) is 1. The third-order valence-corrected chi connectivity index (χ3v) is 3.93. The monoisotopic (exact) mass is 269 g/mol. The number of rotatable bonds is 2. The summed E-state index contributed by atoms with van der Waals surface area (Å²) >= 11 is 0. The van der Waals surface area contributed by atoms with Crippen LogP contribution in [0, 0.1) is 0 Å². The molecule has 2 heterocycles. The molecule has 2 aliphatic heterocycles. The molecule has 0 bridgehead atoms. The minimum absolute atomic E-state index is 0.161. The van der Waals surface area contributed by atoms with Crippen molar-refractivity contribution in [2.45, 2.75) is 32.2 Å². The van der Waals surface area contributed by atoms with Gasteiger partial charge in [-0.1, -0.05) is 0 Å². The van der Waals surface area contributed by atoms with Gasteiger partial charge in [-0.2, -0.15) is 0 Å². The predicted molar refractivity (Wildman–Crippen MR) is 70.8 cm³/mol. The van der Waals surface area contributed by atoms with Crippen molar-refractivity contribution in [3.63, 3.8) is 0 Å². The van der Waals surface area contributed by atoms with E-state index >= 15 is 0 Å². The maximum Gasteiger partial charge on any atom is 0.409 e. The fourth-order valence-electron chi connectivity index (χ4n) is 2.73. The van der Waals surface area contributed by atoms with Crippen molar-refractivity contribution in [2.75, 3.05) is 39.3 Å². The summed E-state index contributed by atoms with van der Waals surface area (Å²) in [7, 11) is 0. The molecule has 1 atom stereocenters. The minimum Gasteiger partial charge on any atom is -0.450 e. The summed E-state index contributed by atoms with van der Waals surface area (Å²) in [4.78, 5) is 27.6. The van der Waals surface area contributed by atoms with Gasteiger partial charge < -0.3 is 19.9 Å². The smallest absolute Gasteiger partial charge is 0.409 e. The number of nitrogens with zero attached hydrogens (tertiary/aromatic N) is 2. The van der Waals surface area contributed by atoms with Crippen molar-refractivity contribution in [3.05, 3.63) is 0 Å². The first-order valence-corrected chi connectivity index (χ1v) is 7.03. The second-order valence-electron chi connectivity index (χ2n) is 5.34. The third-order valence-electron chi connectivity index (χ3n) is 3.93. The molecular weight excluding hydrogens is 246 g/mol. The Balaban J connectivity index is 1.86. The average molecular weight is 269 g/mol. The summed E-state index contributed by atoms with van der Waals surface area (Å²) in [5.74, 6) is 0.161. The van der Waals surface area contributed by atoms with Crippen molar-refractivity contribution >= 4 is 12.0 Å². The van der Waals surface area contributed by atoms with Gasteiger partial charge in [-0.05, 0) is 33.2 Å². The van der Waals surface area contributed by atoms with Crippen molar-refractivity contribution in [1.29, 1.82) is 0 Å². The van der Waals surface area contributed by atoms with E-state index in [4.69, 9.17) is 4.74 Å². The van der Waals surface area contributed by atoms with Gasteiger partial charge in [-0.25, -0.2) is 4.79 Å². The molecule has 2 rings (SSSR count). The van der Waals surface area contributed by atoms with E-state index in [0.717, 1.165) is 19.4 Å². The summed E-state index contributed by atoms with van der Waals surface area (Å²) in [6.07, 6.45) is 1.66. The highest BCUT2D eigenvalue weighted by molar-refractivity contribution is 5.86. The van der Waals surface area contributed by atoms with E-state index in [-0.39, 0.29) is 12.0 Å². The summed E-state index contributed by atoms with van der Waals surface area (Å²) in [6.45, 7) is 7.36. The zero-order valence-corrected chi connectivity index (χ0v) is 11.8. The standard InChI is InChI=1S/C13H23N3O3/c1-3-19-12(18)16-9-7-15(8-10-16)11(17)13(2)5-4-6-14-13/h14H,3-10H2,1-2H3. The van der Waals surface area contributed by atoms with E-state index in [1.807, 2.05) is 11.8 Å². The molecular formula is C13H23N3O3. The highest BCUT2D eigenvalue weighted by Crippen LogP contribution is 2.22. The number of carbonyl (C=O) groups excluding carboxylic acids is 2. The average Bonchev–Trinajstić information content (AvgIpc) is 2.86. The van der Waals surface area contributed by atoms with Crippen LogP contribution in [0.15, 0.2) is 0 Å². The van der Waals surface area contributed by atoms with Crippen LogP contribution < -0.4 is 5.32 Å². The molecule has 6 heteroatoms. The van der Waals surface area contributed by atoms with Gasteiger partial charge in [0.05, 0.1) is 12.1 Å². The van der Waals surface area contributed by atoms with Gasteiger partial charge >= 0.3 is 6.09 Å². The molecule has 2 fully saturated rings. The van der Waals surface area contributed by atoms with Crippen LogP contribution in [-0.4, -0.2) is 66.7 Å². The fourth-order valence-corrected chi connectivity index (χ4v) is 2.73. The summed E-state index contributed by atoms with van der Waals surface area (Å²) < 4.78 is 4.97. The van der Waals surface area contributed by atoms with E-state index in [1.165, 1.54) is 0 Å². The fraction of sp³-hybridized carbons (Fsp3) is 0.846. The lowest BCUT2D eigenvalue weighted by Crippen LogP contribution is -2.58. The van der Waals surface area contributed by atoms with Crippen LogP contribution in [0.1, 0.15) is 26.7 Å². The molecule has 0 saturated carbocycles. The molecule has 0 aromatic rings. The largest absolute Gasteiger partial charge is 0.450 e. The molecule has 2 amide bonds. The van der Waals surface area contributed by atoms with Gasteiger partial charge in [0.1, 0.15) is 0 Å². The van der Waals surface area contributed by atoms with Crippen LogP contribution in [0.25, 0.3) is 0 Å². The zero-order chi connectivity index (χ0) is 13.9. The number of carbonyl (C=O) groups is 2. The lowest BCUT2D eigenvalue weighted by atomic mass is 9.98. The Morgan fingerprint density at radius 2 is 1.84 bits per heavy atom. The van der Waals surface area contributed by atoms with Gasteiger partial charge in [0.2, 0.25) is 5.91 Å². The van der Waals surface area contributed by atoms with Crippen molar-refractivity contribution in [1.82, 2.24) is 15.1 Å². The van der Waals surface area contributed by atoms with Gasteiger partial charge in [0, 0.05) is 26.2 Å². The van der Waals surface area contributed by atoms with Gasteiger partial charge in [-0.15, -0.1) is 0 Å². The molecule has 2 aliphatic rings. The number of hydrogen-bond acceptors (Lipinski definition) is 4. The molecule has 6 nitrogen and oxygen atoms in total. The van der Waals surface area contributed by atoms with Crippen LogP contribution in [0.4, 0.5) is 4.79 Å². The molecule has 0 aromatic carbocycles. The second kappa shape index (κ2) is 5.77. The predicted octanol–water partition coefficient (Wildman–Crippen LogP) is 0.429. The van der Waals surface area contributed by atoms with Crippen LogP contribution in [0.5, 0.6) is 0 Å². The molecule has 1 unspecified atom stereocenters. The number of hydrogen-bond donors (Lipinski definition) is 1. The molecule has 0 aromatic heterocycles. The second-order valence-corrected chi connectivity index (χ2v) is 5.34.